The zero-order valence-corrected chi connectivity index (χ0v) is 15.4. The maximum absolute atomic E-state index is 12.0. The van der Waals surface area contributed by atoms with E-state index in [1.807, 2.05) is 37.3 Å². The lowest BCUT2D eigenvalue weighted by Gasteiger charge is -2.11. The number of fused-ring (bicyclic) bond motifs is 1. The number of aryl methyl sites for hydroxylation is 1. The van der Waals surface area contributed by atoms with Crippen molar-refractivity contribution < 1.29 is 4.79 Å². The van der Waals surface area contributed by atoms with E-state index in [2.05, 4.69) is 22.9 Å². The van der Waals surface area contributed by atoms with Gasteiger partial charge in [-0.2, -0.15) is 5.26 Å². The molecule has 6 nitrogen and oxygen atoms in total. The Bertz CT molecular complexity index is 1120. The van der Waals surface area contributed by atoms with Crippen molar-refractivity contribution in [3.05, 3.63) is 53.7 Å². The van der Waals surface area contributed by atoms with Gasteiger partial charge < -0.3 is 11.1 Å². The van der Waals surface area contributed by atoms with Gasteiger partial charge >= 0.3 is 0 Å². The first-order valence-corrected chi connectivity index (χ1v) is 8.82. The van der Waals surface area contributed by atoms with Gasteiger partial charge in [-0.05, 0) is 72.2 Å². The molecular weight excluding hydrogens is 350 g/mol. The van der Waals surface area contributed by atoms with Gasteiger partial charge in [0.15, 0.2) is 0 Å². The molecule has 1 aliphatic rings. The molecule has 0 saturated heterocycles. The van der Waals surface area contributed by atoms with E-state index in [0.29, 0.717) is 17.1 Å². The van der Waals surface area contributed by atoms with Crippen LogP contribution in [0.4, 0.5) is 11.5 Å². The fourth-order valence-corrected chi connectivity index (χ4v) is 3.14. The van der Waals surface area contributed by atoms with Gasteiger partial charge in [-0.15, -0.1) is 0 Å². The Morgan fingerprint density at radius 2 is 2.00 bits per heavy atom. The molecule has 4 rings (SSSR count). The average Bonchev–Trinajstić information content (AvgIpc) is 3.54. The SMILES string of the molecule is C#N.Cc1cc(C#N)ccc1-c1cc(N)c2cnc(NC(=O)C3CC3)cc2c1. The number of hydrogen-bond acceptors (Lipinski definition) is 5. The molecule has 3 N–H and O–H groups in total. The predicted octanol–water partition coefficient (Wildman–Crippen LogP) is 4.15. The van der Waals surface area contributed by atoms with Crippen LogP contribution >= 0.6 is 0 Å². The summed E-state index contributed by atoms with van der Waals surface area (Å²) in [5.74, 6) is 0.705. The minimum Gasteiger partial charge on any atom is -0.398 e. The van der Waals surface area contributed by atoms with E-state index in [1.54, 1.807) is 12.3 Å². The smallest absolute Gasteiger partial charge is 0.228 e. The van der Waals surface area contributed by atoms with Crippen LogP contribution in [0.3, 0.4) is 0 Å². The number of anilines is 2. The number of pyridine rings is 1. The molecule has 1 aliphatic carbocycles. The summed E-state index contributed by atoms with van der Waals surface area (Å²) in [6.07, 6.45) is 3.60. The van der Waals surface area contributed by atoms with Gasteiger partial charge in [0, 0.05) is 29.8 Å². The third kappa shape index (κ3) is 3.77. The van der Waals surface area contributed by atoms with Crippen molar-refractivity contribution in [2.75, 3.05) is 11.1 Å². The lowest BCUT2D eigenvalue weighted by Crippen LogP contribution is -2.14. The summed E-state index contributed by atoms with van der Waals surface area (Å²) in [5.41, 5.74) is 10.5. The number of nitrogens with two attached hydrogens (primary N) is 1. The molecule has 0 radical (unpaired) electrons. The number of rotatable bonds is 3. The molecular formula is C22H19N5O. The molecule has 28 heavy (non-hydrogen) atoms. The van der Waals surface area contributed by atoms with Gasteiger partial charge in [-0.3, -0.25) is 4.79 Å². The molecule has 1 saturated carbocycles. The van der Waals surface area contributed by atoms with Gasteiger partial charge in [0.05, 0.1) is 11.6 Å². The summed E-state index contributed by atoms with van der Waals surface area (Å²) in [5, 5.41) is 20.2. The number of amides is 1. The minimum atomic E-state index is 0.0314. The van der Waals surface area contributed by atoms with Crippen LogP contribution in [0.15, 0.2) is 42.6 Å². The van der Waals surface area contributed by atoms with Crippen molar-refractivity contribution in [1.29, 1.82) is 10.5 Å². The molecule has 0 spiro atoms. The van der Waals surface area contributed by atoms with Crippen molar-refractivity contribution in [1.82, 2.24) is 4.98 Å². The zero-order valence-electron chi connectivity index (χ0n) is 15.4. The highest BCUT2D eigenvalue weighted by Gasteiger charge is 2.29. The molecule has 0 aliphatic heterocycles. The highest BCUT2D eigenvalue weighted by molar-refractivity contribution is 6.00. The second-order valence-corrected chi connectivity index (χ2v) is 6.76. The van der Waals surface area contributed by atoms with E-state index < -0.39 is 0 Å². The maximum atomic E-state index is 12.0. The number of hydrogen-bond donors (Lipinski definition) is 2. The Balaban J connectivity index is 0.00000109. The van der Waals surface area contributed by atoms with Crippen LogP contribution < -0.4 is 11.1 Å². The summed E-state index contributed by atoms with van der Waals surface area (Å²) < 4.78 is 0. The third-order valence-corrected chi connectivity index (χ3v) is 4.73. The largest absolute Gasteiger partial charge is 0.398 e. The number of nitrogens with one attached hydrogen (secondary N) is 1. The standard InChI is InChI=1S/C21H18N4O.CHN/c1-12-6-13(10-22)2-5-17(12)15-7-16-9-20(25-21(26)14-3-4-14)24-11-18(16)19(23)8-15;1-2/h2,5-9,11,14H,3-4,23H2,1H3,(H,24,25,26);1H. The number of carbonyl (C=O) groups excluding carboxylic acids is 1. The fourth-order valence-electron chi connectivity index (χ4n) is 3.14. The fraction of sp³-hybridized carbons (Fsp3) is 0.182. The van der Waals surface area contributed by atoms with Crippen LogP contribution in [0.1, 0.15) is 24.0 Å². The van der Waals surface area contributed by atoms with E-state index in [9.17, 15) is 4.79 Å². The summed E-state index contributed by atoms with van der Waals surface area (Å²) in [4.78, 5) is 16.3. The molecule has 138 valence electrons. The highest BCUT2D eigenvalue weighted by Crippen LogP contribution is 2.33. The normalized spacial score (nSPS) is 12.5. The van der Waals surface area contributed by atoms with Crippen LogP contribution in [0, 0.1) is 36.0 Å². The summed E-state index contributed by atoms with van der Waals surface area (Å²) in [6.45, 7) is 5.48. The number of carbonyl (C=O) groups is 1. The van der Waals surface area contributed by atoms with Crippen molar-refractivity contribution >= 4 is 28.2 Å². The second kappa shape index (κ2) is 7.77. The Morgan fingerprint density at radius 3 is 2.64 bits per heavy atom. The first-order chi connectivity index (χ1) is 13.5. The number of nitrogens with zero attached hydrogens (tertiary/aromatic N) is 3. The Hall–Kier alpha value is -3.90. The van der Waals surface area contributed by atoms with E-state index >= 15 is 0 Å². The van der Waals surface area contributed by atoms with Crippen molar-refractivity contribution in [3.8, 4) is 23.8 Å². The molecule has 2 aromatic carbocycles. The third-order valence-electron chi connectivity index (χ3n) is 4.73. The van der Waals surface area contributed by atoms with E-state index in [4.69, 9.17) is 16.3 Å². The summed E-state index contributed by atoms with van der Waals surface area (Å²) in [7, 11) is 0. The van der Waals surface area contributed by atoms with E-state index in [-0.39, 0.29) is 11.8 Å². The lowest BCUT2D eigenvalue weighted by atomic mass is 9.96. The van der Waals surface area contributed by atoms with Gasteiger partial charge in [0.1, 0.15) is 5.82 Å². The molecule has 1 heterocycles. The number of benzene rings is 2. The first kappa shape index (κ1) is 18.9. The van der Waals surface area contributed by atoms with Crippen molar-refractivity contribution in [2.24, 2.45) is 5.92 Å². The average molecular weight is 369 g/mol. The molecule has 0 unspecified atom stereocenters. The predicted molar refractivity (Wildman–Crippen MR) is 109 cm³/mol. The zero-order chi connectivity index (χ0) is 20.3. The Labute approximate surface area is 163 Å². The van der Waals surface area contributed by atoms with Gasteiger partial charge in [-0.1, -0.05) is 6.07 Å². The number of nitriles is 2. The number of aromatic nitrogens is 1. The minimum absolute atomic E-state index is 0.0314. The second-order valence-electron chi connectivity index (χ2n) is 6.76. The number of nitrogen functional groups attached to an aromatic ring is 1. The summed E-state index contributed by atoms with van der Waals surface area (Å²) in [6, 6.07) is 13.6. The van der Waals surface area contributed by atoms with Crippen molar-refractivity contribution in [2.45, 2.75) is 19.8 Å². The monoisotopic (exact) mass is 369 g/mol. The Morgan fingerprint density at radius 1 is 1.25 bits per heavy atom. The van der Waals surface area contributed by atoms with Crippen molar-refractivity contribution in [3.63, 3.8) is 0 Å². The molecule has 3 aromatic rings. The molecule has 0 bridgehead atoms. The molecule has 6 heteroatoms. The van der Waals surface area contributed by atoms with Crippen LogP contribution in [-0.2, 0) is 4.79 Å². The van der Waals surface area contributed by atoms with Gasteiger partial charge in [0.25, 0.3) is 0 Å². The van der Waals surface area contributed by atoms with Gasteiger partial charge in [0.2, 0.25) is 5.91 Å². The first-order valence-electron chi connectivity index (χ1n) is 8.82. The molecule has 1 amide bonds. The quantitative estimate of drug-likeness (QED) is 0.673. The van der Waals surface area contributed by atoms with Gasteiger partial charge in [-0.25, -0.2) is 10.2 Å². The van der Waals surface area contributed by atoms with Crippen LogP contribution in [0.5, 0.6) is 0 Å². The van der Waals surface area contributed by atoms with Crippen LogP contribution in [-0.4, -0.2) is 10.9 Å². The topological polar surface area (TPSA) is 116 Å². The molecule has 1 aromatic heterocycles. The molecule has 0 atom stereocenters. The highest BCUT2D eigenvalue weighted by atomic mass is 16.2. The van der Waals surface area contributed by atoms with Crippen LogP contribution in [0.2, 0.25) is 0 Å². The Kier molecular flexibility index (Phi) is 5.24. The maximum Gasteiger partial charge on any atom is 0.228 e. The lowest BCUT2D eigenvalue weighted by molar-refractivity contribution is -0.117. The van der Waals surface area contributed by atoms with Crippen LogP contribution in [0.25, 0.3) is 21.9 Å². The van der Waals surface area contributed by atoms with E-state index in [1.165, 1.54) is 0 Å². The van der Waals surface area contributed by atoms with E-state index in [0.717, 1.165) is 40.3 Å². The molecule has 1 fully saturated rings. The summed E-state index contributed by atoms with van der Waals surface area (Å²) >= 11 is 0.